The van der Waals surface area contributed by atoms with Crippen molar-refractivity contribution in [2.24, 2.45) is 0 Å². The molecule has 1 fully saturated rings. The molecule has 8 heteroatoms. The summed E-state index contributed by atoms with van der Waals surface area (Å²) < 4.78 is 0.452. The van der Waals surface area contributed by atoms with E-state index in [0.717, 1.165) is 37.6 Å². The third kappa shape index (κ3) is 2.99. The Morgan fingerprint density at radius 1 is 1.12 bits per heavy atom. The lowest BCUT2D eigenvalue weighted by Crippen LogP contribution is -2.43. The molecule has 25 heavy (non-hydrogen) atoms. The molecule has 0 radical (unpaired) electrons. The Balaban J connectivity index is 1.63. The third-order valence-corrected chi connectivity index (χ3v) is 4.24. The number of nitrogens with zero attached hydrogens (tertiary/aromatic N) is 4. The van der Waals surface area contributed by atoms with Gasteiger partial charge in [0, 0.05) is 43.8 Å². The maximum absolute atomic E-state index is 11.8. The highest BCUT2D eigenvalue weighted by Gasteiger charge is 2.12. The number of aromatic nitrogens is 3. The van der Waals surface area contributed by atoms with E-state index in [9.17, 15) is 10.0 Å². The van der Waals surface area contributed by atoms with Crippen molar-refractivity contribution >= 4 is 28.2 Å². The van der Waals surface area contributed by atoms with Gasteiger partial charge in [-0.05, 0) is 36.4 Å². The summed E-state index contributed by atoms with van der Waals surface area (Å²) in [4.78, 5) is 22.1. The van der Waals surface area contributed by atoms with Crippen LogP contribution < -0.4 is 21.2 Å². The number of piperazine rings is 1. The van der Waals surface area contributed by atoms with Crippen molar-refractivity contribution in [2.75, 3.05) is 36.4 Å². The topological polar surface area (TPSA) is 95.3 Å². The molecule has 0 amide bonds. The summed E-state index contributed by atoms with van der Waals surface area (Å²) in [5.41, 5.74) is 1.37. The minimum Gasteiger partial charge on any atom is -0.422 e. The predicted molar refractivity (Wildman–Crippen MR) is 95.8 cm³/mol. The van der Waals surface area contributed by atoms with E-state index < -0.39 is 5.69 Å². The van der Waals surface area contributed by atoms with Crippen molar-refractivity contribution in [3.63, 3.8) is 0 Å². The Hall–Kier alpha value is -3.13. The van der Waals surface area contributed by atoms with Crippen molar-refractivity contribution in [3.05, 3.63) is 53.1 Å². The van der Waals surface area contributed by atoms with Crippen LogP contribution in [-0.4, -0.2) is 46.1 Å². The highest BCUT2D eigenvalue weighted by molar-refractivity contribution is 5.88. The first-order valence-electron chi connectivity index (χ1n) is 8.12. The number of anilines is 3. The van der Waals surface area contributed by atoms with E-state index in [4.69, 9.17) is 0 Å². The van der Waals surface area contributed by atoms with Gasteiger partial charge in [-0.15, -0.1) is 4.73 Å². The first-order chi connectivity index (χ1) is 12.2. The molecular weight excluding hydrogens is 320 g/mol. The molecule has 0 saturated carbocycles. The standard InChI is InChI=1S/C17H18N6O2/c24-17-21-15(14-2-1-7-19-16(14)23(17)25)20-12-3-5-13(6-4-12)22-10-8-18-9-11-22/h1-7,18,25H,8-11H2,(H,20,21,24). The van der Waals surface area contributed by atoms with Gasteiger partial charge in [-0.2, -0.15) is 4.98 Å². The first-order valence-corrected chi connectivity index (χ1v) is 8.12. The molecule has 3 N–H and O–H groups in total. The third-order valence-electron chi connectivity index (χ3n) is 4.24. The average Bonchev–Trinajstić information content (AvgIpc) is 2.67. The van der Waals surface area contributed by atoms with Gasteiger partial charge in [-0.25, -0.2) is 9.78 Å². The van der Waals surface area contributed by atoms with Gasteiger partial charge < -0.3 is 20.7 Å². The van der Waals surface area contributed by atoms with E-state index in [1.54, 1.807) is 12.1 Å². The molecule has 3 aromatic rings. The van der Waals surface area contributed by atoms with Crippen LogP contribution in [0, 0.1) is 0 Å². The van der Waals surface area contributed by atoms with Crippen LogP contribution in [0.2, 0.25) is 0 Å². The van der Waals surface area contributed by atoms with Gasteiger partial charge in [0.1, 0.15) is 5.82 Å². The summed E-state index contributed by atoms with van der Waals surface area (Å²) in [5, 5.41) is 16.8. The summed E-state index contributed by atoms with van der Waals surface area (Å²) >= 11 is 0. The molecule has 0 unspecified atom stereocenters. The lowest BCUT2D eigenvalue weighted by atomic mass is 10.2. The molecule has 0 bridgehead atoms. The van der Waals surface area contributed by atoms with Gasteiger partial charge in [0.25, 0.3) is 0 Å². The summed E-state index contributed by atoms with van der Waals surface area (Å²) in [6.07, 6.45) is 1.51. The van der Waals surface area contributed by atoms with E-state index in [-0.39, 0.29) is 5.65 Å². The summed E-state index contributed by atoms with van der Waals surface area (Å²) in [6, 6.07) is 11.5. The van der Waals surface area contributed by atoms with E-state index in [1.165, 1.54) is 6.20 Å². The maximum atomic E-state index is 11.8. The number of hydrogen-bond donors (Lipinski definition) is 3. The lowest BCUT2D eigenvalue weighted by Gasteiger charge is -2.29. The van der Waals surface area contributed by atoms with Crippen molar-refractivity contribution in [2.45, 2.75) is 0 Å². The monoisotopic (exact) mass is 338 g/mol. The van der Waals surface area contributed by atoms with Gasteiger partial charge in [0.15, 0.2) is 5.65 Å². The fourth-order valence-corrected chi connectivity index (χ4v) is 2.96. The molecule has 0 spiro atoms. The molecule has 3 heterocycles. The summed E-state index contributed by atoms with van der Waals surface area (Å²) in [5.74, 6) is 0.369. The van der Waals surface area contributed by atoms with Crippen LogP contribution in [0.5, 0.6) is 0 Å². The second-order valence-electron chi connectivity index (χ2n) is 5.84. The number of pyridine rings is 1. The number of fused-ring (bicyclic) bond motifs is 1. The van der Waals surface area contributed by atoms with Crippen LogP contribution in [-0.2, 0) is 0 Å². The highest BCUT2D eigenvalue weighted by atomic mass is 16.5. The van der Waals surface area contributed by atoms with E-state index in [0.29, 0.717) is 15.9 Å². The van der Waals surface area contributed by atoms with Gasteiger partial charge in [-0.1, -0.05) is 0 Å². The number of benzene rings is 1. The number of rotatable bonds is 3. The predicted octanol–water partition coefficient (Wildman–Crippen LogP) is 1.18. The average molecular weight is 338 g/mol. The van der Waals surface area contributed by atoms with Gasteiger partial charge in [-0.3, -0.25) is 0 Å². The van der Waals surface area contributed by atoms with Crippen LogP contribution in [0.1, 0.15) is 0 Å². The van der Waals surface area contributed by atoms with Crippen molar-refractivity contribution < 1.29 is 5.21 Å². The minimum absolute atomic E-state index is 0.169. The van der Waals surface area contributed by atoms with Crippen LogP contribution in [0.4, 0.5) is 17.2 Å². The second kappa shape index (κ2) is 6.40. The largest absolute Gasteiger partial charge is 0.422 e. The van der Waals surface area contributed by atoms with Crippen LogP contribution >= 0.6 is 0 Å². The smallest absolute Gasteiger partial charge is 0.384 e. The van der Waals surface area contributed by atoms with E-state index in [1.807, 2.05) is 24.3 Å². The fourth-order valence-electron chi connectivity index (χ4n) is 2.96. The quantitative estimate of drug-likeness (QED) is 0.617. The molecule has 0 aliphatic carbocycles. The van der Waals surface area contributed by atoms with Crippen LogP contribution in [0.25, 0.3) is 11.0 Å². The number of hydrogen-bond acceptors (Lipinski definition) is 7. The van der Waals surface area contributed by atoms with Crippen LogP contribution in [0.15, 0.2) is 47.4 Å². The summed E-state index contributed by atoms with van der Waals surface area (Å²) in [6.45, 7) is 3.94. The molecule has 1 aromatic carbocycles. The second-order valence-corrected chi connectivity index (χ2v) is 5.84. The molecule has 128 valence electrons. The zero-order chi connectivity index (χ0) is 17.2. The molecule has 8 nitrogen and oxygen atoms in total. The molecule has 0 atom stereocenters. The highest BCUT2D eigenvalue weighted by Crippen LogP contribution is 2.23. The Kier molecular flexibility index (Phi) is 3.95. The molecule has 1 saturated heterocycles. The minimum atomic E-state index is -0.772. The van der Waals surface area contributed by atoms with Gasteiger partial charge >= 0.3 is 5.69 Å². The lowest BCUT2D eigenvalue weighted by molar-refractivity contribution is 0.182. The molecule has 1 aliphatic heterocycles. The van der Waals surface area contributed by atoms with Crippen molar-refractivity contribution in [1.29, 1.82) is 0 Å². The Labute approximate surface area is 143 Å². The maximum Gasteiger partial charge on any atom is 0.384 e. The molecule has 4 rings (SSSR count). The zero-order valence-electron chi connectivity index (χ0n) is 13.5. The Morgan fingerprint density at radius 3 is 2.64 bits per heavy atom. The summed E-state index contributed by atoms with van der Waals surface area (Å²) in [7, 11) is 0. The van der Waals surface area contributed by atoms with Crippen molar-refractivity contribution in [1.82, 2.24) is 20.0 Å². The molecular formula is C17H18N6O2. The molecule has 1 aliphatic rings. The SMILES string of the molecule is O=c1nc(Nc2ccc(N3CCNCC3)cc2)c2cccnc2n1O. The van der Waals surface area contributed by atoms with Gasteiger partial charge in [0.2, 0.25) is 0 Å². The van der Waals surface area contributed by atoms with Gasteiger partial charge in [0.05, 0.1) is 5.39 Å². The van der Waals surface area contributed by atoms with E-state index in [2.05, 4.69) is 25.5 Å². The first kappa shape index (κ1) is 15.4. The number of nitrogens with one attached hydrogen (secondary N) is 2. The Morgan fingerprint density at radius 2 is 1.88 bits per heavy atom. The molecule has 2 aromatic heterocycles. The zero-order valence-corrected chi connectivity index (χ0v) is 13.5. The fraction of sp³-hybridized carbons (Fsp3) is 0.235. The van der Waals surface area contributed by atoms with Crippen molar-refractivity contribution in [3.8, 4) is 0 Å². The van der Waals surface area contributed by atoms with Crippen LogP contribution in [0.3, 0.4) is 0 Å². The Bertz CT molecular complexity index is 948. The van der Waals surface area contributed by atoms with E-state index >= 15 is 0 Å². The normalized spacial score (nSPS) is 14.6.